The molecule has 37 heavy (non-hydrogen) atoms. The van der Waals surface area contributed by atoms with Crippen LogP contribution in [0.1, 0.15) is 12.5 Å². The van der Waals surface area contributed by atoms with Crippen molar-refractivity contribution < 1.29 is 9.53 Å². The summed E-state index contributed by atoms with van der Waals surface area (Å²) in [6.07, 6.45) is 1.78. The van der Waals surface area contributed by atoms with E-state index in [2.05, 4.69) is 22.9 Å². The molecule has 0 saturated carbocycles. The molecule has 6 rings (SSSR count). The van der Waals surface area contributed by atoms with Gasteiger partial charge >= 0.3 is 0 Å². The van der Waals surface area contributed by atoms with Crippen molar-refractivity contribution in [2.24, 2.45) is 4.99 Å². The van der Waals surface area contributed by atoms with Crippen LogP contribution in [-0.4, -0.2) is 34.6 Å². The van der Waals surface area contributed by atoms with Crippen LogP contribution in [-0.2, 0) is 11.3 Å². The first kappa shape index (κ1) is 23.6. The molecule has 0 bridgehead atoms. The van der Waals surface area contributed by atoms with Gasteiger partial charge in [0, 0.05) is 29.1 Å². The highest BCUT2D eigenvalue weighted by Crippen LogP contribution is 2.51. The lowest BCUT2D eigenvalue weighted by Crippen LogP contribution is -2.29. The van der Waals surface area contributed by atoms with E-state index in [0.29, 0.717) is 16.6 Å². The number of nitrogens with zero attached hydrogens (tertiary/aromatic N) is 4. The number of methoxy groups -OCH3 is 1. The normalized spacial score (nSPS) is 18.2. The molecule has 0 atom stereocenters. The smallest absolute Gasteiger partial charge is 0.269 e. The summed E-state index contributed by atoms with van der Waals surface area (Å²) < 4.78 is 5.46. The maximum atomic E-state index is 14.0. The molecule has 2 aliphatic heterocycles. The third-order valence-electron chi connectivity index (χ3n) is 6.31. The zero-order valence-corrected chi connectivity index (χ0v) is 22.1. The average molecular weight is 525 g/mol. The van der Waals surface area contributed by atoms with Gasteiger partial charge in [-0.25, -0.2) is 4.99 Å². The van der Waals surface area contributed by atoms with Crippen molar-refractivity contribution in [1.29, 1.82) is 0 Å². The number of hydrogen-bond donors (Lipinski definition) is 0. The van der Waals surface area contributed by atoms with E-state index in [0.717, 1.165) is 50.1 Å². The van der Waals surface area contributed by atoms with Crippen molar-refractivity contribution in [3.63, 3.8) is 0 Å². The van der Waals surface area contributed by atoms with E-state index in [1.807, 2.05) is 72.8 Å². The lowest BCUT2D eigenvalue weighted by atomic mass is 10.2. The molecule has 0 N–H and O–H groups in total. The van der Waals surface area contributed by atoms with Gasteiger partial charge in [-0.15, -0.1) is 0 Å². The van der Waals surface area contributed by atoms with Crippen LogP contribution >= 0.6 is 23.5 Å². The molecule has 3 heterocycles. The van der Waals surface area contributed by atoms with Crippen molar-refractivity contribution in [2.45, 2.75) is 18.4 Å². The molecule has 1 fully saturated rings. The number of hydrogen-bond acceptors (Lipinski definition) is 7. The Hall–Kier alpha value is -3.75. The molecule has 0 unspecified atom stereocenters. The van der Waals surface area contributed by atoms with Gasteiger partial charge in [0.2, 0.25) is 0 Å². The molecule has 6 nitrogen and oxygen atoms in total. The monoisotopic (exact) mass is 524 g/mol. The second-order valence-corrected chi connectivity index (χ2v) is 10.5. The zero-order chi connectivity index (χ0) is 25.4. The second-order valence-electron chi connectivity index (χ2n) is 8.53. The molecule has 0 spiro atoms. The lowest BCUT2D eigenvalue weighted by molar-refractivity contribution is -0.122. The highest BCUT2D eigenvalue weighted by molar-refractivity contribution is 8.19. The van der Waals surface area contributed by atoms with Crippen LogP contribution < -0.4 is 9.64 Å². The molecule has 8 heteroatoms. The number of ether oxygens (including phenoxy) is 1. The maximum absolute atomic E-state index is 14.0. The van der Waals surface area contributed by atoms with E-state index < -0.39 is 0 Å². The molecule has 0 aliphatic carbocycles. The number of pyridine rings is 1. The molecule has 2 aliphatic rings. The lowest BCUT2D eigenvalue weighted by Gasteiger charge is -2.19. The topological polar surface area (TPSA) is 58.0 Å². The standard InChI is InChI=1S/C29H24N4O2S2/c1-3-32-24-17-20(35-2)14-15-25(24)36-28(32)26-27(34)33(18-19-9-5-4-6-10-19)29(37-26)31-23-13-7-12-22-21(23)11-8-16-30-22/h4-17H,3,18H2,1-2H3/b28-26-,31-29?. The van der Waals surface area contributed by atoms with E-state index in [1.165, 1.54) is 11.8 Å². The Morgan fingerprint density at radius 1 is 0.946 bits per heavy atom. The second kappa shape index (κ2) is 9.95. The first-order valence-corrected chi connectivity index (χ1v) is 13.6. The first-order valence-electron chi connectivity index (χ1n) is 12.0. The van der Waals surface area contributed by atoms with Crippen LogP contribution in [0.15, 0.2) is 105 Å². The Kier molecular flexibility index (Phi) is 6.36. The van der Waals surface area contributed by atoms with Crippen LogP contribution in [0.2, 0.25) is 0 Å². The molecule has 3 aromatic carbocycles. The number of rotatable bonds is 5. The van der Waals surface area contributed by atoms with E-state index >= 15 is 0 Å². The fourth-order valence-electron chi connectivity index (χ4n) is 4.48. The molecular weight excluding hydrogens is 500 g/mol. The highest BCUT2D eigenvalue weighted by Gasteiger charge is 2.40. The molecular formula is C29H24N4O2S2. The minimum atomic E-state index is -0.0355. The van der Waals surface area contributed by atoms with Crippen molar-refractivity contribution in [1.82, 2.24) is 9.88 Å². The summed E-state index contributed by atoms with van der Waals surface area (Å²) in [7, 11) is 1.67. The number of aromatic nitrogens is 1. The SMILES string of the molecule is CCN1/C(=C2/SC(=Nc3cccc4ncccc34)N(Cc3ccccc3)C2=O)Sc2ccc(OC)cc21. The predicted octanol–water partition coefficient (Wildman–Crippen LogP) is 6.81. The van der Waals surface area contributed by atoms with E-state index in [9.17, 15) is 4.79 Å². The minimum Gasteiger partial charge on any atom is -0.497 e. The summed E-state index contributed by atoms with van der Waals surface area (Å²) in [6.45, 7) is 3.28. The average Bonchev–Trinajstić information content (AvgIpc) is 3.45. The summed E-state index contributed by atoms with van der Waals surface area (Å²) in [5.41, 5.74) is 3.78. The number of benzene rings is 3. The third-order valence-corrected chi connectivity index (χ3v) is 8.68. The van der Waals surface area contributed by atoms with Crippen LogP contribution in [0.4, 0.5) is 11.4 Å². The van der Waals surface area contributed by atoms with Gasteiger partial charge in [0.15, 0.2) is 5.17 Å². The molecule has 184 valence electrons. The van der Waals surface area contributed by atoms with Gasteiger partial charge in [0.05, 0.1) is 30.5 Å². The molecule has 1 aromatic heterocycles. The Labute approximate surface area is 224 Å². The maximum Gasteiger partial charge on any atom is 0.269 e. The Bertz CT molecular complexity index is 1560. The summed E-state index contributed by atoms with van der Waals surface area (Å²) in [4.78, 5) is 29.3. The van der Waals surface area contributed by atoms with E-state index in [1.54, 1.807) is 30.0 Å². The number of amidine groups is 1. The zero-order valence-electron chi connectivity index (χ0n) is 20.4. The fraction of sp³-hybridized carbons (Fsp3) is 0.138. The molecule has 1 amide bonds. The number of fused-ring (bicyclic) bond motifs is 2. The minimum absolute atomic E-state index is 0.0355. The molecule has 1 saturated heterocycles. The molecule has 0 radical (unpaired) electrons. The van der Waals surface area contributed by atoms with E-state index in [-0.39, 0.29) is 5.91 Å². The van der Waals surface area contributed by atoms with Crippen LogP contribution in [0.5, 0.6) is 5.75 Å². The molecule has 4 aromatic rings. The van der Waals surface area contributed by atoms with Gasteiger partial charge < -0.3 is 9.64 Å². The van der Waals surface area contributed by atoms with Gasteiger partial charge in [-0.05, 0) is 60.6 Å². The predicted molar refractivity (Wildman–Crippen MR) is 152 cm³/mol. The largest absolute Gasteiger partial charge is 0.497 e. The first-order chi connectivity index (χ1) is 18.2. The highest BCUT2D eigenvalue weighted by atomic mass is 32.2. The van der Waals surface area contributed by atoms with Crippen molar-refractivity contribution in [3.8, 4) is 5.75 Å². The number of amides is 1. The summed E-state index contributed by atoms with van der Waals surface area (Å²) in [5.74, 6) is 0.763. The number of thioether (sulfide) groups is 2. The third kappa shape index (κ3) is 4.36. The number of carbonyl (C=O) groups is 1. The van der Waals surface area contributed by atoms with Crippen molar-refractivity contribution in [3.05, 3.63) is 101 Å². The van der Waals surface area contributed by atoms with Crippen LogP contribution in [0.25, 0.3) is 10.9 Å². The van der Waals surface area contributed by atoms with Gasteiger partial charge in [0.1, 0.15) is 15.7 Å². The van der Waals surface area contributed by atoms with E-state index in [4.69, 9.17) is 9.73 Å². The Morgan fingerprint density at radius 2 is 1.81 bits per heavy atom. The quantitative estimate of drug-likeness (QED) is 0.267. The van der Waals surface area contributed by atoms with Gasteiger partial charge in [-0.2, -0.15) is 0 Å². The number of aliphatic imine (C=N–C) groups is 1. The van der Waals surface area contributed by atoms with Crippen molar-refractivity contribution >= 4 is 56.9 Å². The summed E-state index contributed by atoms with van der Waals surface area (Å²) in [5, 5.41) is 2.55. The summed E-state index contributed by atoms with van der Waals surface area (Å²) in [6, 6.07) is 25.9. The number of anilines is 1. The van der Waals surface area contributed by atoms with Crippen LogP contribution in [0, 0.1) is 0 Å². The Balaban J connectivity index is 1.46. The van der Waals surface area contributed by atoms with Crippen molar-refractivity contribution in [2.75, 3.05) is 18.6 Å². The van der Waals surface area contributed by atoms with Gasteiger partial charge in [-0.1, -0.05) is 48.2 Å². The van der Waals surface area contributed by atoms with Gasteiger partial charge in [0.25, 0.3) is 5.91 Å². The summed E-state index contributed by atoms with van der Waals surface area (Å²) >= 11 is 3.06. The number of carbonyl (C=O) groups excluding carboxylic acids is 1. The van der Waals surface area contributed by atoms with Gasteiger partial charge in [-0.3, -0.25) is 14.7 Å². The fourth-order valence-corrected chi connectivity index (χ4v) is 6.85. The Morgan fingerprint density at radius 3 is 2.62 bits per heavy atom. The van der Waals surface area contributed by atoms with Crippen LogP contribution in [0.3, 0.4) is 0 Å².